The first-order valence-corrected chi connectivity index (χ1v) is 11.1. The molecule has 2 aromatic carbocycles. The Morgan fingerprint density at radius 3 is 2.39 bits per heavy atom. The van der Waals surface area contributed by atoms with Gasteiger partial charge in [-0.15, -0.1) is 0 Å². The van der Waals surface area contributed by atoms with E-state index in [0.717, 1.165) is 27.8 Å². The van der Waals surface area contributed by atoms with E-state index in [2.05, 4.69) is 5.32 Å². The Labute approximate surface area is 191 Å². The van der Waals surface area contributed by atoms with Crippen molar-refractivity contribution < 1.29 is 9.53 Å². The number of Topliss-reactive ketones (excluding diaryl/α,β-unsaturated/α-hetero) is 1. The molecule has 5 rings (SSSR count). The van der Waals surface area contributed by atoms with Crippen molar-refractivity contribution in [2.75, 3.05) is 5.32 Å². The van der Waals surface area contributed by atoms with Crippen molar-refractivity contribution in [3.05, 3.63) is 103 Å². The van der Waals surface area contributed by atoms with E-state index in [9.17, 15) is 14.4 Å². The SMILES string of the molecule is Cn1c2c(c(=O)n(C)c1=O)C(c1ccc(OCc3ccccc3)cc1)C1=C(CCCC1=O)N2. The van der Waals surface area contributed by atoms with Gasteiger partial charge in [-0.2, -0.15) is 0 Å². The lowest BCUT2D eigenvalue weighted by atomic mass is 9.76. The molecule has 0 bridgehead atoms. The number of hydrogen-bond acceptors (Lipinski definition) is 5. The standard InChI is InChI=1S/C26H25N3O4/c1-28-24-23(25(31)29(2)26(28)32)21(22-19(27-24)9-6-10-20(22)30)17-11-13-18(14-12-17)33-15-16-7-4-3-5-8-16/h3-5,7-8,11-14,21,27H,6,9-10,15H2,1-2H3. The summed E-state index contributed by atoms with van der Waals surface area (Å²) < 4.78 is 8.46. The lowest BCUT2D eigenvalue weighted by molar-refractivity contribution is -0.116. The molecule has 1 aliphatic carbocycles. The quantitative estimate of drug-likeness (QED) is 0.670. The van der Waals surface area contributed by atoms with Crippen molar-refractivity contribution in [2.24, 2.45) is 14.1 Å². The molecule has 2 heterocycles. The van der Waals surface area contributed by atoms with Gasteiger partial charge in [0.2, 0.25) is 0 Å². The summed E-state index contributed by atoms with van der Waals surface area (Å²) in [5.74, 6) is 0.678. The highest BCUT2D eigenvalue weighted by Crippen LogP contribution is 2.43. The van der Waals surface area contributed by atoms with Gasteiger partial charge in [-0.3, -0.25) is 18.7 Å². The fourth-order valence-electron chi connectivity index (χ4n) is 4.73. The van der Waals surface area contributed by atoms with Gasteiger partial charge in [-0.1, -0.05) is 42.5 Å². The fourth-order valence-corrected chi connectivity index (χ4v) is 4.73. The van der Waals surface area contributed by atoms with Crippen molar-refractivity contribution >= 4 is 11.6 Å². The van der Waals surface area contributed by atoms with E-state index >= 15 is 0 Å². The molecule has 0 saturated heterocycles. The molecule has 2 aliphatic rings. The molecule has 7 heteroatoms. The van der Waals surface area contributed by atoms with Gasteiger partial charge in [0.25, 0.3) is 5.56 Å². The molecule has 7 nitrogen and oxygen atoms in total. The molecule has 1 aliphatic heterocycles. The number of fused-ring (bicyclic) bond motifs is 1. The third kappa shape index (κ3) is 3.59. The molecular weight excluding hydrogens is 418 g/mol. The summed E-state index contributed by atoms with van der Waals surface area (Å²) in [6.07, 6.45) is 1.91. The third-order valence-corrected chi connectivity index (χ3v) is 6.46. The summed E-state index contributed by atoms with van der Waals surface area (Å²) in [7, 11) is 3.11. The minimum absolute atomic E-state index is 0.0414. The van der Waals surface area contributed by atoms with Gasteiger partial charge >= 0.3 is 5.69 Å². The second kappa shape index (κ2) is 8.24. The Balaban J connectivity index is 1.57. The topological polar surface area (TPSA) is 82.3 Å². The van der Waals surface area contributed by atoms with E-state index in [1.807, 2.05) is 54.6 Å². The summed E-state index contributed by atoms with van der Waals surface area (Å²) in [4.78, 5) is 38.8. The molecule has 3 aromatic rings. The average Bonchev–Trinajstić information content (AvgIpc) is 2.85. The number of allylic oxidation sites excluding steroid dienone is 2. The maximum atomic E-state index is 13.2. The lowest BCUT2D eigenvalue weighted by Gasteiger charge is -2.34. The summed E-state index contributed by atoms with van der Waals surface area (Å²) >= 11 is 0. The van der Waals surface area contributed by atoms with Crippen molar-refractivity contribution in [2.45, 2.75) is 31.8 Å². The van der Waals surface area contributed by atoms with Gasteiger partial charge in [0.1, 0.15) is 18.2 Å². The van der Waals surface area contributed by atoms with Gasteiger partial charge in [0.15, 0.2) is 5.78 Å². The number of anilines is 1. The number of ether oxygens (including phenoxy) is 1. The second-order valence-electron chi connectivity index (χ2n) is 8.54. The van der Waals surface area contributed by atoms with Crippen LogP contribution in [0, 0.1) is 0 Å². The summed E-state index contributed by atoms with van der Waals surface area (Å²) in [5, 5.41) is 3.24. The van der Waals surface area contributed by atoms with E-state index in [4.69, 9.17) is 4.74 Å². The van der Waals surface area contributed by atoms with Crippen LogP contribution in [0.25, 0.3) is 0 Å². The number of rotatable bonds is 4. The van der Waals surface area contributed by atoms with Gasteiger partial charge in [-0.05, 0) is 36.1 Å². The number of benzene rings is 2. The van der Waals surface area contributed by atoms with Crippen LogP contribution in [0.2, 0.25) is 0 Å². The summed E-state index contributed by atoms with van der Waals surface area (Å²) in [5.41, 5.74) is 2.95. The number of aromatic nitrogens is 2. The molecule has 1 N–H and O–H groups in total. The zero-order valence-corrected chi connectivity index (χ0v) is 18.6. The van der Waals surface area contributed by atoms with Crippen molar-refractivity contribution in [3.63, 3.8) is 0 Å². The molecule has 33 heavy (non-hydrogen) atoms. The number of ketones is 1. The fraction of sp³-hybridized carbons (Fsp3) is 0.269. The lowest BCUT2D eigenvalue weighted by Crippen LogP contribution is -2.44. The largest absolute Gasteiger partial charge is 0.489 e. The normalized spacial score (nSPS) is 17.3. The van der Waals surface area contributed by atoms with Gasteiger partial charge in [-0.25, -0.2) is 4.79 Å². The third-order valence-electron chi connectivity index (χ3n) is 6.46. The first-order valence-electron chi connectivity index (χ1n) is 11.1. The van der Waals surface area contributed by atoms with E-state index < -0.39 is 11.6 Å². The van der Waals surface area contributed by atoms with Crippen LogP contribution in [-0.4, -0.2) is 14.9 Å². The van der Waals surface area contributed by atoms with E-state index in [1.165, 1.54) is 11.6 Å². The molecular formula is C26H25N3O4. The zero-order chi connectivity index (χ0) is 23.1. The van der Waals surface area contributed by atoms with Crippen LogP contribution in [-0.2, 0) is 25.5 Å². The van der Waals surface area contributed by atoms with Crippen molar-refractivity contribution in [1.29, 1.82) is 0 Å². The number of nitrogens with one attached hydrogen (secondary N) is 1. The summed E-state index contributed by atoms with van der Waals surface area (Å²) in [6, 6.07) is 17.4. The van der Waals surface area contributed by atoms with Crippen molar-refractivity contribution in [1.82, 2.24) is 9.13 Å². The molecule has 0 saturated carbocycles. The van der Waals surface area contributed by atoms with Crippen LogP contribution in [0.1, 0.15) is 41.9 Å². The molecule has 0 fully saturated rings. The second-order valence-corrected chi connectivity index (χ2v) is 8.54. The predicted octanol–water partition coefficient (Wildman–Crippen LogP) is 3.23. The average molecular weight is 444 g/mol. The monoisotopic (exact) mass is 443 g/mol. The molecule has 1 atom stereocenters. The Morgan fingerprint density at radius 1 is 0.939 bits per heavy atom. The Morgan fingerprint density at radius 2 is 1.67 bits per heavy atom. The maximum absolute atomic E-state index is 13.2. The van der Waals surface area contributed by atoms with E-state index in [-0.39, 0.29) is 11.3 Å². The minimum atomic E-state index is -0.530. The van der Waals surface area contributed by atoms with Crippen LogP contribution in [0.4, 0.5) is 5.82 Å². The molecule has 1 aromatic heterocycles. The predicted molar refractivity (Wildman–Crippen MR) is 125 cm³/mol. The van der Waals surface area contributed by atoms with Crippen LogP contribution in [0.5, 0.6) is 5.75 Å². The first-order chi connectivity index (χ1) is 16.0. The highest BCUT2D eigenvalue weighted by Gasteiger charge is 2.38. The van der Waals surface area contributed by atoms with Gasteiger partial charge in [0.05, 0.1) is 5.56 Å². The molecule has 1 unspecified atom stereocenters. The van der Waals surface area contributed by atoms with Crippen molar-refractivity contribution in [3.8, 4) is 5.75 Å². The van der Waals surface area contributed by atoms with E-state index in [1.54, 1.807) is 7.05 Å². The van der Waals surface area contributed by atoms with Gasteiger partial charge in [0, 0.05) is 37.7 Å². The number of hydrogen-bond donors (Lipinski definition) is 1. The van der Waals surface area contributed by atoms with Crippen LogP contribution in [0.3, 0.4) is 0 Å². The van der Waals surface area contributed by atoms with E-state index in [0.29, 0.717) is 42.2 Å². The van der Waals surface area contributed by atoms with Crippen LogP contribution >= 0.6 is 0 Å². The molecule has 168 valence electrons. The highest BCUT2D eigenvalue weighted by atomic mass is 16.5. The molecule has 0 spiro atoms. The van der Waals surface area contributed by atoms with Crippen LogP contribution < -0.4 is 21.3 Å². The number of nitrogens with zero attached hydrogens (tertiary/aromatic N) is 2. The first kappa shape index (κ1) is 21.0. The number of carbonyl (C=O) groups is 1. The van der Waals surface area contributed by atoms with Crippen LogP contribution in [0.15, 0.2) is 75.5 Å². The maximum Gasteiger partial charge on any atom is 0.332 e. The zero-order valence-electron chi connectivity index (χ0n) is 18.6. The highest BCUT2D eigenvalue weighted by molar-refractivity contribution is 6.00. The molecule has 0 amide bonds. The Kier molecular flexibility index (Phi) is 5.24. The summed E-state index contributed by atoms with van der Waals surface area (Å²) in [6.45, 7) is 0.451. The molecule has 0 radical (unpaired) electrons. The minimum Gasteiger partial charge on any atom is -0.489 e. The smallest absolute Gasteiger partial charge is 0.332 e. The number of carbonyl (C=O) groups excluding carboxylic acids is 1. The Bertz CT molecular complexity index is 1380. The van der Waals surface area contributed by atoms with Gasteiger partial charge < -0.3 is 10.1 Å². The Hall–Kier alpha value is -3.87.